The largest absolute Gasteiger partial charge is 0.497 e. The predicted molar refractivity (Wildman–Crippen MR) is 107 cm³/mol. The van der Waals surface area contributed by atoms with E-state index in [2.05, 4.69) is 9.72 Å². The minimum absolute atomic E-state index is 0.0503. The number of carbonyl (C=O) groups is 1. The molecule has 0 radical (unpaired) electrons. The van der Waals surface area contributed by atoms with Gasteiger partial charge in [0.25, 0.3) is 5.56 Å². The maximum absolute atomic E-state index is 14.4. The normalized spacial score (nSPS) is 16.1. The number of nitrogens with zero attached hydrogens (tertiary/aromatic N) is 3. The highest BCUT2D eigenvalue weighted by molar-refractivity contribution is 6.01. The van der Waals surface area contributed by atoms with Crippen LogP contribution >= 0.6 is 0 Å². The Labute approximate surface area is 175 Å². The molecule has 8 nitrogen and oxygen atoms in total. The molecule has 1 atom stereocenters. The molecule has 1 aliphatic heterocycles. The van der Waals surface area contributed by atoms with Gasteiger partial charge in [0.1, 0.15) is 11.6 Å². The molecule has 162 valence electrons. The molecule has 1 amide bonds. The maximum atomic E-state index is 14.4. The number of alkyl halides is 2. The van der Waals surface area contributed by atoms with Crippen molar-refractivity contribution >= 4 is 22.5 Å². The number of aliphatic hydroxyl groups excluding tert-OH is 1. The summed E-state index contributed by atoms with van der Waals surface area (Å²) in [5, 5.41) is 10.3. The second kappa shape index (κ2) is 7.31. The molecule has 2 aromatic carbocycles. The Hall–Kier alpha value is -3.53. The maximum Gasteiger partial charge on any atom is 0.483 e. The number of rotatable bonds is 4. The first kappa shape index (κ1) is 20.7. The number of para-hydroxylation sites is 1. The van der Waals surface area contributed by atoms with Gasteiger partial charge < -0.3 is 14.6 Å². The number of aromatic nitrogens is 2. The van der Waals surface area contributed by atoms with Gasteiger partial charge in [0.05, 0.1) is 36.3 Å². The summed E-state index contributed by atoms with van der Waals surface area (Å²) < 4.78 is 39.8. The number of anilines is 1. The lowest BCUT2D eigenvalue weighted by Gasteiger charge is -2.34. The van der Waals surface area contributed by atoms with Gasteiger partial charge in [0.2, 0.25) is 0 Å². The topological polar surface area (TPSA) is 93.9 Å². The lowest BCUT2D eigenvalue weighted by Crippen LogP contribution is -2.51. The Morgan fingerprint density at radius 1 is 1.26 bits per heavy atom. The number of methoxy groups -OCH3 is 1. The number of hydrogen-bond donors (Lipinski definition) is 1. The van der Waals surface area contributed by atoms with Crippen molar-refractivity contribution < 1.29 is 28.2 Å². The minimum atomic E-state index is -4.14. The third-order valence-electron chi connectivity index (χ3n) is 5.17. The zero-order valence-electron chi connectivity index (χ0n) is 16.9. The van der Waals surface area contributed by atoms with E-state index in [4.69, 9.17) is 4.74 Å². The lowest BCUT2D eigenvalue weighted by molar-refractivity contribution is -0.193. The number of aliphatic hydroxyl groups is 1. The van der Waals surface area contributed by atoms with Crippen LogP contribution in [0.15, 0.2) is 41.2 Å². The summed E-state index contributed by atoms with van der Waals surface area (Å²) in [5.74, 6) is -1.33. The molecular weight excluding hydrogens is 412 g/mol. The standard InChI is InChI=1S/C21H19F2N3O5/c1-11(27)13-5-4-6-16-18(13)31-21(22,23)20(29)26(16)10-17-24-15-9-12(30-3)7-8-14(15)19(28)25(17)2/h4-9,11,27H,10H2,1-3H3/t11-/m0/s1. The summed E-state index contributed by atoms with van der Waals surface area (Å²) in [5.41, 5.74) is 0.0741. The van der Waals surface area contributed by atoms with E-state index in [9.17, 15) is 23.5 Å². The van der Waals surface area contributed by atoms with Gasteiger partial charge in [-0.25, -0.2) is 4.98 Å². The van der Waals surface area contributed by atoms with Crippen LogP contribution in [0.3, 0.4) is 0 Å². The fourth-order valence-corrected chi connectivity index (χ4v) is 3.50. The van der Waals surface area contributed by atoms with Crippen LogP contribution in [0.25, 0.3) is 10.9 Å². The van der Waals surface area contributed by atoms with Crippen LogP contribution in [-0.2, 0) is 18.4 Å². The monoisotopic (exact) mass is 431 g/mol. The molecule has 1 aromatic heterocycles. The van der Waals surface area contributed by atoms with Gasteiger partial charge in [-0.2, -0.15) is 8.78 Å². The third-order valence-corrected chi connectivity index (χ3v) is 5.17. The van der Waals surface area contributed by atoms with Crippen molar-refractivity contribution in [1.82, 2.24) is 9.55 Å². The molecule has 31 heavy (non-hydrogen) atoms. The van der Waals surface area contributed by atoms with Crippen LogP contribution in [0, 0.1) is 0 Å². The fraction of sp³-hybridized carbons (Fsp3) is 0.286. The molecule has 1 aliphatic rings. The van der Waals surface area contributed by atoms with E-state index in [-0.39, 0.29) is 22.8 Å². The first-order chi connectivity index (χ1) is 14.6. The molecule has 4 rings (SSSR count). The van der Waals surface area contributed by atoms with Crippen LogP contribution in [-0.4, -0.2) is 33.8 Å². The van der Waals surface area contributed by atoms with Crippen molar-refractivity contribution in [3.63, 3.8) is 0 Å². The molecule has 0 fully saturated rings. The van der Waals surface area contributed by atoms with Crippen molar-refractivity contribution in [3.8, 4) is 11.5 Å². The molecule has 0 bridgehead atoms. The summed E-state index contributed by atoms with van der Waals surface area (Å²) in [6.07, 6.45) is -5.24. The van der Waals surface area contributed by atoms with E-state index in [1.54, 1.807) is 18.2 Å². The second-order valence-corrected chi connectivity index (χ2v) is 7.16. The number of hydrogen-bond acceptors (Lipinski definition) is 6. The molecule has 3 aromatic rings. The molecule has 0 spiro atoms. The van der Waals surface area contributed by atoms with Crippen molar-refractivity contribution in [3.05, 3.63) is 58.1 Å². The van der Waals surface area contributed by atoms with Crippen molar-refractivity contribution in [2.75, 3.05) is 12.0 Å². The first-order valence-corrected chi connectivity index (χ1v) is 9.37. The average molecular weight is 431 g/mol. The van der Waals surface area contributed by atoms with Gasteiger partial charge in [0.15, 0.2) is 5.75 Å². The quantitative estimate of drug-likeness (QED) is 0.682. The molecule has 2 heterocycles. The molecule has 0 saturated heterocycles. The summed E-state index contributed by atoms with van der Waals surface area (Å²) in [4.78, 5) is 30.5. The number of halogens is 2. The average Bonchev–Trinajstić information content (AvgIpc) is 2.73. The van der Waals surface area contributed by atoms with Gasteiger partial charge in [-0.15, -0.1) is 0 Å². The van der Waals surface area contributed by atoms with Crippen LogP contribution in [0.2, 0.25) is 0 Å². The minimum Gasteiger partial charge on any atom is -0.497 e. The Morgan fingerprint density at radius 2 is 2.00 bits per heavy atom. The smallest absolute Gasteiger partial charge is 0.483 e. The van der Waals surface area contributed by atoms with Crippen molar-refractivity contribution in [1.29, 1.82) is 0 Å². The van der Waals surface area contributed by atoms with Crippen LogP contribution in [0.1, 0.15) is 24.4 Å². The third kappa shape index (κ3) is 3.38. The number of ether oxygens (including phenoxy) is 2. The van der Waals surface area contributed by atoms with Gasteiger partial charge >= 0.3 is 12.0 Å². The zero-order chi connectivity index (χ0) is 22.5. The Bertz CT molecular complexity index is 1260. The Kier molecular flexibility index (Phi) is 4.89. The van der Waals surface area contributed by atoms with Crippen LogP contribution in [0.4, 0.5) is 14.5 Å². The van der Waals surface area contributed by atoms with Crippen LogP contribution < -0.4 is 19.9 Å². The summed E-state index contributed by atoms with van der Waals surface area (Å²) in [7, 11) is 2.92. The molecule has 0 unspecified atom stereocenters. The van der Waals surface area contributed by atoms with Gasteiger partial charge in [-0.05, 0) is 25.1 Å². The van der Waals surface area contributed by atoms with E-state index in [0.717, 1.165) is 4.90 Å². The highest BCUT2D eigenvalue weighted by Gasteiger charge is 2.51. The molecule has 0 saturated carbocycles. The predicted octanol–water partition coefficient (Wildman–Crippen LogP) is 2.51. The van der Waals surface area contributed by atoms with Crippen molar-refractivity contribution in [2.45, 2.75) is 25.7 Å². The van der Waals surface area contributed by atoms with E-state index in [0.29, 0.717) is 16.7 Å². The molecule has 1 N–H and O–H groups in total. The van der Waals surface area contributed by atoms with E-state index in [1.807, 2.05) is 0 Å². The first-order valence-electron chi connectivity index (χ1n) is 9.37. The van der Waals surface area contributed by atoms with Crippen LogP contribution in [0.5, 0.6) is 11.5 Å². The zero-order valence-corrected chi connectivity index (χ0v) is 16.9. The van der Waals surface area contributed by atoms with E-state index < -0.39 is 30.2 Å². The fourth-order valence-electron chi connectivity index (χ4n) is 3.50. The number of carbonyl (C=O) groups excluding carboxylic acids is 1. The second-order valence-electron chi connectivity index (χ2n) is 7.16. The Morgan fingerprint density at radius 3 is 2.68 bits per heavy atom. The summed E-state index contributed by atoms with van der Waals surface area (Å²) in [6, 6.07) is 9.11. The number of amides is 1. The van der Waals surface area contributed by atoms with E-state index in [1.165, 1.54) is 43.8 Å². The number of benzene rings is 2. The lowest BCUT2D eigenvalue weighted by atomic mass is 10.1. The summed E-state index contributed by atoms with van der Waals surface area (Å²) in [6.45, 7) is 0.993. The Balaban J connectivity index is 1.87. The SMILES string of the molecule is COc1ccc2c(=O)n(C)c(CN3C(=O)C(F)(F)Oc4c([C@H](C)O)cccc43)nc2c1. The van der Waals surface area contributed by atoms with E-state index >= 15 is 0 Å². The number of fused-ring (bicyclic) bond motifs is 2. The molecule has 10 heteroatoms. The molecule has 0 aliphatic carbocycles. The highest BCUT2D eigenvalue weighted by atomic mass is 19.3. The van der Waals surface area contributed by atoms with Gasteiger partial charge in [-0.1, -0.05) is 12.1 Å². The van der Waals surface area contributed by atoms with Gasteiger partial charge in [0, 0.05) is 18.7 Å². The highest BCUT2D eigenvalue weighted by Crippen LogP contribution is 2.44. The molecular formula is C21H19F2N3O5. The van der Waals surface area contributed by atoms with Gasteiger partial charge in [-0.3, -0.25) is 19.1 Å². The van der Waals surface area contributed by atoms with Crippen molar-refractivity contribution in [2.24, 2.45) is 7.05 Å². The summed E-state index contributed by atoms with van der Waals surface area (Å²) >= 11 is 0.